The van der Waals surface area contributed by atoms with Gasteiger partial charge in [0.2, 0.25) is 5.91 Å². The van der Waals surface area contributed by atoms with E-state index in [1.807, 2.05) is 6.07 Å². The molecule has 0 aliphatic carbocycles. The topological polar surface area (TPSA) is 72.5 Å². The lowest BCUT2D eigenvalue weighted by molar-refractivity contribution is -0.120. The van der Waals surface area contributed by atoms with Crippen molar-refractivity contribution in [2.75, 3.05) is 5.75 Å². The number of carbonyl (C=O) groups is 1. The Morgan fingerprint density at radius 1 is 0.897 bits per heavy atom. The molecule has 3 rings (SSSR count). The average Bonchev–Trinajstić information content (AvgIpc) is 2.73. The van der Waals surface area contributed by atoms with Gasteiger partial charge in [0, 0.05) is 13.0 Å². The van der Waals surface area contributed by atoms with Gasteiger partial charge in [0.1, 0.15) is 17.3 Å². The van der Waals surface area contributed by atoms with Gasteiger partial charge in [0.15, 0.2) is 9.84 Å². The number of nitrogens with one attached hydrogen (secondary N) is 1. The van der Waals surface area contributed by atoms with Crippen molar-refractivity contribution in [3.8, 4) is 11.5 Å². The minimum Gasteiger partial charge on any atom is -0.457 e. The van der Waals surface area contributed by atoms with Crippen LogP contribution in [0.3, 0.4) is 0 Å². The van der Waals surface area contributed by atoms with Crippen LogP contribution in [-0.4, -0.2) is 20.1 Å². The Balaban J connectivity index is 1.52. The van der Waals surface area contributed by atoms with Crippen LogP contribution in [-0.2, 0) is 21.2 Å². The molecule has 29 heavy (non-hydrogen) atoms. The van der Waals surface area contributed by atoms with Gasteiger partial charge in [-0.2, -0.15) is 0 Å². The quantitative estimate of drug-likeness (QED) is 0.604. The van der Waals surface area contributed by atoms with E-state index in [9.17, 15) is 17.6 Å². The molecule has 7 heteroatoms. The maximum absolute atomic E-state index is 13.0. The highest BCUT2D eigenvalue weighted by Gasteiger charge is 2.15. The lowest BCUT2D eigenvalue weighted by atomic mass is 10.2. The predicted octanol–water partition coefficient (Wildman–Crippen LogP) is 4.10. The molecule has 0 saturated carbocycles. The van der Waals surface area contributed by atoms with E-state index in [-0.39, 0.29) is 35.3 Å². The lowest BCUT2D eigenvalue weighted by Crippen LogP contribution is -2.25. The van der Waals surface area contributed by atoms with Crippen LogP contribution in [0.2, 0.25) is 0 Å². The van der Waals surface area contributed by atoms with E-state index >= 15 is 0 Å². The van der Waals surface area contributed by atoms with Gasteiger partial charge in [-0.1, -0.05) is 30.3 Å². The number of amides is 1. The second kappa shape index (κ2) is 9.34. The van der Waals surface area contributed by atoms with Gasteiger partial charge in [-0.25, -0.2) is 12.8 Å². The molecule has 0 aromatic heterocycles. The first-order chi connectivity index (χ1) is 13.9. The van der Waals surface area contributed by atoms with Crippen LogP contribution >= 0.6 is 0 Å². The highest BCUT2D eigenvalue weighted by atomic mass is 32.2. The molecule has 0 spiro atoms. The standard InChI is InChI=1S/C22H20FNO4S/c23-18-9-11-19(12-10-18)28-20-6-4-5-17(15-20)16-24-22(25)13-14-29(26,27)21-7-2-1-3-8-21/h1-12,15H,13-14,16H2,(H,24,25). The van der Waals surface area contributed by atoms with Gasteiger partial charge in [0.05, 0.1) is 10.6 Å². The van der Waals surface area contributed by atoms with Gasteiger partial charge >= 0.3 is 0 Å². The molecule has 3 aromatic rings. The normalized spacial score (nSPS) is 11.1. The molecular weight excluding hydrogens is 393 g/mol. The summed E-state index contributed by atoms with van der Waals surface area (Å²) in [6.07, 6.45) is -0.122. The maximum atomic E-state index is 13.0. The number of hydrogen-bond acceptors (Lipinski definition) is 4. The molecule has 0 radical (unpaired) electrons. The van der Waals surface area contributed by atoms with Gasteiger partial charge in [0.25, 0.3) is 0 Å². The zero-order valence-corrected chi connectivity index (χ0v) is 16.4. The minimum atomic E-state index is -3.49. The van der Waals surface area contributed by atoms with E-state index in [0.29, 0.717) is 11.5 Å². The van der Waals surface area contributed by atoms with Crippen molar-refractivity contribution in [2.24, 2.45) is 0 Å². The Hall–Kier alpha value is -3.19. The van der Waals surface area contributed by atoms with E-state index < -0.39 is 9.84 Å². The third-order valence-corrected chi connectivity index (χ3v) is 5.87. The Morgan fingerprint density at radius 2 is 1.62 bits per heavy atom. The Morgan fingerprint density at radius 3 is 2.34 bits per heavy atom. The summed E-state index contributed by atoms with van der Waals surface area (Å²) >= 11 is 0. The third-order valence-electron chi connectivity index (χ3n) is 4.14. The second-order valence-corrected chi connectivity index (χ2v) is 8.47. The summed E-state index contributed by atoms with van der Waals surface area (Å²) in [4.78, 5) is 12.3. The first-order valence-corrected chi connectivity index (χ1v) is 10.6. The zero-order valence-electron chi connectivity index (χ0n) is 15.5. The Bertz CT molecular complexity index is 1070. The van der Waals surface area contributed by atoms with Crippen LogP contribution < -0.4 is 10.1 Å². The molecule has 3 aromatic carbocycles. The van der Waals surface area contributed by atoms with Crippen LogP contribution in [0, 0.1) is 5.82 Å². The molecule has 5 nitrogen and oxygen atoms in total. The predicted molar refractivity (Wildman–Crippen MR) is 108 cm³/mol. The summed E-state index contributed by atoms with van der Waals surface area (Å²) in [7, 11) is -3.49. The molecule has 0 aliphatic heterocycles. The first-order valence-electron chi connectivity index (χ1n) is 8.99. The van der Waals surface area contributed by atoms with Gasteiger partial charge in [-0.3, -0.25) is 4.79 Å². The van der Waals surface area contributed by atoms with E-state index in [0.717, 1.165) is 5.56 Å². The smallest absolute Gasteiger partial charge is 0.221 e. The van der Waals surface area contributed by atoms with Crippen molar-refractivity contribution < 1.29 is 22.3 Å². The van der Waals surface area contributed by atoms with Crippen LogP contribution in [0.4, 0.5) is 4.39 Å². The molecule has 0 atom stereocenters. The fourth-order valence-electron chi connectivity index (χ4n) is 2.62. The number of hydrogen-bond donors (Lipinski definition) is 1. The van der Waals surface area contributed by atoms with E-state index in [1.165, 1.54) is 36.4 Å². The molecule has 150 valence electrons. The molecule has 0 fully saturated rings. The highest BCUT2D eigenvalue weighted by molar-refractivity contribution is 7.91. The van der Waals surface area contributed by atoms with Crippen molar-refractivity contribution in [1.29, 1.82) is 0 Å². The maximum Gasteiger partial charge on any atom is 0.221 e. The summed E-state index contributed by atoms with van der Waals surface area (Å²) in [6.45, 7) is 0.241. The number of ether oxygens (including phenoxy) is 1. The van der Waals surface area contributed by atoms with Crippen LogP contribution in [0.25, 0.3) is 0 Å². The van der Waals surface area contributed by atoms with E-state index in [2.05, 4.69) is 5.32 Å². The van der Waals surface area contributed by atoms with Crippen LogP contribution in [0.15, 0.2) is 83.8 Å². The van der Waals surface area contributed by atoms with Crippen molar-refractivity contribution >= 4 is 15.7 Å². The highest BCUT2D eigenvalue weighted by Crippen LogP contribution is 2.22. The molecule has 0 heterocycles. The molecule has 0 unspecified atom stereocenters. The van der Waals surface area contributed by atoms with Crippen LogP contribution in [0.5, 0.6) is 11.5 Å². The van der Waals surface area contributed by atoms with Gasteiger partial charge in [-0.15, -0.1) is 0 Å². The van der Waals surface area contributed by atoms with Crippen molar-refractivity contribution in [2.45, 2.75) is 17.9 Å². The fraction of sp³-hybridized carbons (Fsp3) is 0.136. The monoisotopic (exact) mass is 413 g/mol. The SMILES string of the molecule is O=C(CCS(=O)(=O)c1ccccc1)NCc1cccc(Oc2ccc(F)cc2)c1. The molecule has 0 saturated heterocycles. The van der Waals surface area contributed by atoms with Crippen LogP contribution in [0.1, 0.15) is 12.0 Å². The Kier molecular flexibility index (Phi) is 6.61. The second-order valence-electron chi connectivity index (χ2n) is 6.36. The van der Waals surface area contributed by atoms with E-state index in [4.69, 9.17) is 4.74 Å². The number of benzene rings is 3. The number of sulfone groups is 1. The lowest BCUT2D eigenvalue weighted by Gasteiger charge is -2.09. The summed E-state index contributed by atoms with van der Waals surface area (Å²) in [5.74, 6) is 0.0995. The van der Waals surface area contributed by atoms with Crippen molar-refractivity contribution in [3.63, 3.8) is 0 Å². The summed E-state index contributed by atoms with van der Waals surface area (Å²) < 4.78 is 43.1. The average molecular weight is 413 g/mol. The van der Waals surface area contributed by atoms with Gasteiger partial charge < -0.3 is 10.1 Å². The summed E-state index contributed by atoms with van der Waals surface area (Å²) in [5.41, 5.74) is 0.795. The molecule has 0 bridgehead atoms. The molecule has 1 amide bonds. The Labute approximate surface area is 169 Å². The summed E-state index contributed by atoms with van der Waals surface area (Å²) in [5, 5.41) is 2.71. The number of rotatable bonds is 8. The van der Waals surface area contributed by atoms with E-state index in [1.54, 1.807) is 36.4 Å². The zero-order chi connectivity index (χ0) is 20.7. The minimum absolute atomic E-state index is 0.122. The van der Waals surface area contributed by atoms with Crippen molar-refractivity contribution in [3.05, 3.63) is 90.2 Å². The largest absolute Gasteiger partial charge is 0.457 e. The molecular formula is C22H20FNO4S. The molecule has 1 N–H and O–H groups in total. The number of carbonyl (C=O) groups excluding carboxylic acids is 1. The van der Waals surface area contributed by atoms with Crippen molar-refractivity contribution in [1.82, 2.24) is 5.32 Å². The number of halogens is 1. The summed E-state index contributed by atoms with van der Waals surface area (Å²) in [6, 6.07) is 20.8. The third kappa shape index (κ3) is 6.15. The fourth-order valence-corrected chi connectivity index (χ4v) is 3.88. The first kappa shape index (κ1) is 20.5. The van der Waals surface area contributed by atoms with Gasteiger partial charge in [-0.05, 0) is 54.1 Å². The molecule has 0 aliphatic rings.